The van der Waals surface area contributed by atoms with Gasteiger partial charge in [0.25, 0.3) is 11.6 Å². The molecule has 0 unspecified atom stereocenters. The van der Waals surface area contributed by atoms with Crippen molar-refractivity contribution >= 4 is 11.6 Å². The van der Waals surface area contributed by atoms with Crippen LogP contribution in [0.5, 0.6) is 0 Å². The molecule has 0 saturated carbocycles. The first-order chi connectivity index (χ1) is 12.4. The van der Waals surface area contributed by atoms with Crippen molar-refractivity contribution in [1.29, 1.82) is 0 Å². The first-order valence-corrected chi connectivity index (χ1v) is 7.87. The number of nitrogens with zero attached hydrogens (tertiary/aromatic N) is 3. The number of nitro groups is 1. The minimum atomic E-state index is -0.516. The van der Waals surface area contributed by atoms with E-state index in [-0.39, 0.29) is 23.7 Å². The van der Waals surface area contributed by atoms with Crippen LogP contribution in [0.15, 0.2) is 47.0 Å². The number of amides is 1. The molecule has 0 fully saturated rings. The van der Waals surface area contributed by atoms with Gasteiger partial charge in [0, 0.05) is 22.8 Å². The fourth-order valence-corrected chi connectivity index (χ4v) is 2.43. The molecule has 3 aromatic rings. The van der Waals surface area contributed by atoms with Crippen molar-refractivity contribution in [1.82, 2.24) is 15.5 Å². The third-order valence-corrected chi connectivity index (χ3v) is 3.81. The fraction of sp³-hybridized carbons (Fsp3) is 0.167. The lowest BCUT2D eigenvalue weighted by Gasteiger charge is -2.03. The maximum atomic E-state index is 12.2. The van der Waals surface area contributed by atoms with Gasteiger partial charge >= 0.3 is 0 Å². The molecule has 0 aliphatic rings. The third kappa shape index (κ3) is 3.75. The van der Waals surface area contributed by atoms with Crippen LogP contribution in [0.3, 0.4) is 0 Å². The van der Waals surface area contributed by atoms with E-state index in [9.17, 15) is 14.9 Å². The number of aryl methyl sites for hydroxylation is 2. The van der Waals surface area contributed by atoms with E-state index in [1.807, 2.05) is 31.2 Å². The van der Waals surface area contributed by atoms with Crippen LogP contribution in [0.1, 0.15) is 27.4 Å². The molecule has 8 heteroatoms. The molecule has 0 saturated heterocycles. The van der Waals surface area contributed by atoms with Crippen LogP contribution in [0, 0.1) is 24.0 Å². The van der Waals surface area contributed by atoms with Crippen LogP contribution in [0.25, 0.3) is 11.4 Å². The van der Waals surface area contributed by atoms with Crippen LogP contribution in [-0.4, -0.2) is 21.0 Å². The third-order valence-electron chi connectivity index (χ3n) is 3.81. The van der Waals surface area contributed by atoms with Crippen LogP contribution in [0.2, 0.25) is 0 Å². The Balaban J connectivity index is 1.69. The Labute approximate surface area is 149 Å². The molecule has 0 aliphatic heterocycles. The van der Waals surface area contributed by atoms with Crippen molar-refractivity contribution in [2.75, 3.05) is 0 Å². The Morgan fingerprint density at radius 2 is 2.04 bits per heavy atom. The summed E-state index contributed by atoms with van der Waals surface area (Å²) in [4.78, 5) is 26.9. The zero-order chi connectivity index (χ0) is 18.7. The molecule has 1 amide bonds. The summed E-state index contributed by atoms with van der Waals surface area (Å²) in [7, 11) is 0. The number of benzene rings is 2. The highest BCUT2D eigenvalue weighted by molar-refractivity contribution is 5.94. The van der Waals surface area contributed by atoms with Crippen LogP contribution >= 0.6 is 0 Å². The number of hydrogen-bond acceptors (Lipinski definition) is 6. The first-order valence-electron chi connectivity index (χ1n) is 7.87. The second-order valence-electron chi connectivity index (χ2n) is 5.82. The maximum Gasteiger partial charge on any atom is 0.273 e. The van der Waals surface area contributed by atoms with Gasteiger partial charge in [-0.1, -0.05) is 35.0 Å². The normalized spacial score (nSPS) is 10.5. The van der Waals surface area contributed by atoms with E-state index >= 15 is 0 Å². The van der Waals surface area contributed by atoms with E-state index in [4.69, 9.17) is 4.52 Å². The maximum absolute atomic E-state index is 12.2. The molecule has 0 atom stereocenters. The first kappa shape index (κ1) is 17.3. The Morgan fingerprint density at radius 3 is 2.77 bits per heavy atom. The molecule has 0 aliphatic carbocycles. The summed E-state index contributed by atoms with van der Waals surface area (Å²) in [5, 5.41) is 17.5. The Morgan fingerprint density at radius 1 is 1.23 bits per heavy atom. The average Bonchev–Trinajstić information content (AvgIpc) is 3.09. The molecular weight excluding hydrogens is 336 g/mol. The van der Waals surface area contributed by atoms with Gasteiger partial charge < -0.3 is 9.84 Å². The van der Waals surface area contributed by atoms with Gasteiger partial charge in [0.1, 0.15) is 0 Å². The molecule has 8 nitrogen and oxygen atoms in total. The van der Waals surface area contributed by atoms with E-state index in [2.05, 4.69) is 15.5 Å². The van der Waals surface area contributed by atoms with Crippen molar-refractivity contribution in [2.24, 2.45) is 0 Å². The summed E-state index contributed by atoms with van der Waals surface area (Å²) in [6, 6.07) is 12.0. The zero-order valence-corrected chi connectivity index (χ0v) is 14.2. The van der Waals surface area contributed by atoms with Gasteiger partial charge in [0.05, 0.1) is 11.5 Å². The van der Waals surface area contributed by atoms with Gasteiger partial charge in [-0.25, -0.2) is 0 Å². The monoisotopic (exact) mass is 352 g/mol. The number of aromatic nitrogens is 2. The highest BCUT2D eigenvalue weighted by Gasteiger charge is 2.16. The van der Waals surface area contributed by atoms with Gasteiger partial charge in [-0.15, -0.1) is 0 Å². The minimum Gasteiger partial charge on any atom is -0.343 e. The lowest BCUT2D eigenvalue weighted by atomic mass is 10.1. The second-order valence-corrected chi connectivity index (χ2v) is 5.82. The summed E-state index contributed by atoms with van der Waals surface area (Å²) < 4.78 is 5.14. The smallest absolute Gasteiger partial charge is 0.273 e. The van der Waals surface area contributed by atoms with E-state index in [1.54, 1.807) is 6.92 Å². The molecular formula is C18H16N4O4. The Kier molecular flexibility index (Phi) is 4.74. The molecule has 0 spiro atoms. The molecule has 132 valence electrons. The van der Waals surface area contributed by atoms with E-state index < -0.39 is 10.8 Å². The number of hydrogen-bond donors (Lipinski definition) is 1. The molecule has 26 heavy (non-hydrogen) atoms. The predicted octanol–water partition coefficient (Wildman–Crippen LogP) is 3.19. The number of nitro benzene ring substituents is 1. The molecule has 0 bridgehead atoms. The van der Waals surface area contributed by atoms with E-state index in [0.29, 0.717) is 11.4 Å². The zero-order valence-electron chi connectivity index (χ0n) is 14.2. The summed E-state index contributed by atoms with van der Waals surface area (Å²) in [6.45, 7) is 3.61. The van der Waals surface area contributed by atoms with Crippen molar-refractivity contribution in [3.05, 3.63) is 75.2 Å². The standard InChI is InChI=1S/C18H16N4O4/c1-11-4-3-5-13(8-11)17-20-16(26-21-17)10-19-18(23)14-7-6-12(2)15(9-14)22(24)25/h3-9H,10H2,1-2H3,(H,19,23). The topological polar surface area (TPSA) is 111 Å². The number of nitrogens with one attached hydrogen (secondary N) is 1. The minimum absolute atomic E-state index is 0.0271. The van der Waals surface area contributed by atoms with Gasteiger partial charge in [-0.2, -0.15) is 4.98 Å². The predicted molar refractivity (Wildman–Crippen MR) is 93.5 cm³/mol. The molecule has 0 radical (unpaired) electrons. The van der Waals surface area contributed by atoms with E-state index in [1.165, 1.54) is 18.2 Å². The quantitative estimate of drug-likeness (QED) is 0.557. The summed E-state index contributed by atoms with van der Waals surface area (Å²) in [6.07, 6.45) is 0. The van der Waals surface area contributed by atoms with Gasteiger partial charge in [-0.3, -0.25) is 14.9 Å². The molecule has 1 N–H and O–H groups in total. The number of rotatable bonds is 5. The van der Waals surface area contributed by atoms with E-state index in [0.717, 1.165) is 11.1 Å². The van der Waals surface area contributed by atoms with Gasteiger partial charge in [0.2, 0.25) is 11.7 Å². The molecule has 1 aromatic heterocycles. The largest absolute Gasteiger partial charge is 0.343 e. The summed E-state index contributed by atoms with van der Waals surface area (Å²) in [5.74, 6) is 0.226. The summed E-state index contributed by atoms with van der Waals surface area (Å²) in [5.41, 5.74) is 2.48. The second kappa shape index (κ2) is 7.14. The Hall–Kier alpha value is -3.55. The SMILES string of the molecule is Cc1cccc(-c2noc(CNC(=O)c3ccc(C)c([N+](=O)[O-])c3)n2)c1. The van der Waals surface area contributed by atoms with Crippen molar-refractivity contribution in [3.63, 3.8) is 0 Å². The van der Waals surface area contributed by atoms with Gasteiger partial charge in [0.15, 0.2) is 0 Å². The van der Waals surface area contributed by atoms with Crippen molar-refractivity contribution in [3.8, 4) is 11.4 Å². The van der Waals surface area contributed by atoms with Crippen LogP contribution < -0.4 is 5.32 Å². The molecule has 2 aromatic carbocycles. The number of carbonyl (C=O) groups excluding carboxylic acids is 1. The highest BCUT2D eigenvalue weighted by Crippen LogP contribution is 2.19. The summed E-state index contributed by atoms with van der Waals surface area (Å²) >= 11 is 0. The number of carbonyl (C=O) groups is 1. The van der Waals surface area contributed by atoms with Gasteiger partial charge in [-0.05, 0) is 26.0 Å². The van der Waals surface area contributed by atoms with Crippen molar-refractivity contribution < 1.29 is 14.2 Å². The lowest BCUT2D eigenvalue weighted by molar-refractivity contribution is -0.385. The average molecular weight is 352 g/mol. The Bertz CT molecular complexity index is 981. The highest BCUT2D eigenvalue weighted by atomic mass is 16.6. The fourth-order valence-electron chi connectivity index (χ4n) is 2.43. The molecule has 1 heterocycles. The van der Waals surface area contributed by atoms with Crippen LogP contribution in [0.4, 0.5) is 5.69 Å². The van der Waals surface area contributed by atoms with Crippen LogP contribution in [-0.2, 0) is 6.54 Å². The lowest BCUT2D eigenvalue weighted by Crippen LogP contribution is -2.23. The van der Waals surface area contributed by atoms with Crippen molar-refractivity contribution in [2.45, 2.75) is 20.4 Å². The molecule has 3 rings (SSSR count).